The van der Waals surface area contributed by atoms with E-state index in [0.29, 0.717) is 6.42 Å². The van der Waals surface area contributed by atoms with Crippen molar-refractivity contribution >= 4 is 39.1 Å². The summed E-state index contributed by atoms with van der Waals surface area (Å²) in [6, 6.07) is -0.204. The summed E-state index contributed by atoms with van der Waals surface area (Å²) in [6.07, 6.45) is 2.67. The zero-order chi connectivity index (χ0) is 14.5. The quantitative estimate of drug-likeness (QED) is 0.762. The molecule has 0 aliphatic heterocycles. The summed E-state index contributed by atoms with van der Waals surface area (Å²) in [7, 11) is -2.55. The second kappa shape index (κ2) is 7.22. The molecule has 19 heavy (non-hydrogen) atoms. The molecule has 0 radical (unpaired) electrons. The maximum absolute atomic E-state index is 12.2. The van der Waals surface area contributed by atoms with E-state index in [9.17, 15) is 13.2 Å². The van der Waals surface area contributed by atoms with Crippen molar-refractivity contribution in [2.75, 3.05) is 19.1 Å². The first-order chi connectivity index (χ1) is 8.92. The minimum atomic E-state index is -3.74. The molecular weight excluding hydrogens is 308 g/mol. The molecule has 0 aromatic carbocycles. The number of thioether (sulfide) groups is 1. The Hall–Kier alpha value is -0.640. The monoisotopic (exact) mass is 324 g/mol. The molecule has 1 aromatic heterocycles. The van der Waals surface area contributed by atoms with Gasteiger partial charge >= 0.3 is 5.97 Å². The van der Waals surface area contributed by atoms with Gasteiger partial charge in [-0.2, -0.15) is 11.8 Å². The number of nitrogens with one attached hydrogen (secondary N) is 1. The first kappa shape index (κ1) is 16.4. The lowest BCUT2D eigenvalue weighted by Crippen LogP contribution is -2.33. The number of sulfonamides is 1. The minimum absolute atomic E-state index is 0.102. The molecule has 1 rings (SSSR count). The number of esters is 1. The van der Waals surface area contributed by atoms with Gasteiger partial charge in [-0.1, -0.05) is 0 Å². The Bertz CT molecular complexity index is 527. The summed E-state index contributed by atoms with van der Waals surface area (Å²) in [5.41, 5.74) is 1.14. The molecule has 1 atom stereocenters. The van der Waals surface area contributed by atoms with Crippen molar-refractivity contribution in [1.82, 2.24) is 9.71 Å². The molecule has 0 saturated carbocycles. The van der Waals surface area contributed by atoms with Crippen LogP contribution in [-0.4, -0.2) is 44.5 Å². The van der Waals surface area contributed by atoms with Crippen LogP contribution in [0.4, 0.5) is 0 Å². The Kier molecular flexibility index (Phi) is 6.24. The van der Waals surface area contributed by atoms with Gasteiger partial charge in [0.2, 0.25) is 0 Å². The van der Waals surface area contributed by atoms with E-state index in [0.717, 1.165) is 17.1 Å². The van der Waals surface area contributed by atoms with Crippen LogP contribution in [0.3, 0.4) is 0 Å². The van der Waals surface area contributed by atoms with Crippen LogP contribution in [0, 0.1) is 0 Å². The number of carbonyl (C=O) groups is 1. The van der Waals surface area contributed by atoms with Gasteiger partial charge in [-0.05, 0) is 25.4 Å². The van der Waals surface area contributed by atoms with Gasteiger partial charge in [0.15, 0.2) is 9.90 Å². The number of ether oxygens (including phenoxy) is 1. The lowest BCUT2D eigenvalue weighted by atomic mass is 10.3. The van der Waals surface area contributed by atoms with E-state index in [-0.39, 0.29) is 15.9 Å². The molecule has 0 bridgehead atoms. The van der Waals surface area contributed by atoms with Crippen molar-refractivity contribution in [2.45, 2.75) is 23.6 Å². The molecule has 0 aliphatic rings. The van der Waals surface area contributed by atoms with Crippen LogP contribution < -0.4 is 4.72 Å². The smallest absolute Gasteiger partial charge is 0.358 e. The molecule has 0 amide bonds. The Morgan fingerprint density at radius 2 is 2.32 bits per heavy atom. The maximum atomic E-state index is 12.2. The van der Waals surface area contributed by atoms with Crippen molar-refractivity contribution < 1.29 is 17.9 Å². The van der Waals surface area contributed by atoms with E-state index in [1.165, 1.54) is 12.6 Å². The lowest BCUT2D eigenvalue weighted by Gasteiger charge is -2.12. The summed E-state index contributed by atoms with van der Waals surface area (Å²) in [6.45, 7) is 1.78. The van der Waals surface area contributed by atoms with E-state index >= 15 is 0 Å². The van der Waals surface area contributed by atoms with Gasteiger partial charge in [0.1, 0.15) is 0 Å². The third kappa shape index (κ3) is 4.44. The number of aromatic nitrogens is 1. The number of methoxy groups -OCH3 is 1. The molecule has 9 heteroatoms. The van der Waals surface area contributed by atoms with Crippen molar-refractivity contribution in [3.8, 4) is 0 Å². The van der Waals surface area contributed by atoms with Gasteiger partial charge in [-0.25, -0.2) is 22.9 Å². The molecular formula is C10H16N2O4S3. The Morgan fingerprint density at radius 3 is 2.89 bits per heavy atom. The maximum Gasteiger partial charge on any atom is 0.358 e. The van der Waals surface area contributed by atoms with E-state index in [4.69, 9.17) is 0 Å². The van der Waals surface area contributed by atoms with Gasteiger partial charge in [0.05, 0.1) is 12.6 Å². The standard InChI is InChI=1S/C10H16N2O4S3/c1-7(4-5-17-3)12-19(14,15)10-8(9(13)16-2)11-6-18-10/h6-7,12H,4-5H2,1-3H3. The number of hydrogen-bond donors (Lipinski definition) is 1. The molecule has 0 saturated heterocycles. The summed E-state index contributed by atoms with van der Waals surface area (Å²) in [5.74, 6) is 0.106. The molecule has 0 fully saturated rings. The fourth-order valence-electron chi connectivity index (χ4n) is 1.33. The average Bonchev–Trinajstić information content (AvgIpc) is 2.84. The lowest BCUT2D eigenvalue weighted by molar-refractivity contribution is 0.0590. The van der Waals surface area contributed by atoms with Gasteiger partial charge in [-0.15, -0.1) is 11.3 Å². The molecule has 1 N–H and O–H groups in total. The SMILES string of the molecule is COC(=O)c1ncsc1S(=O)(=O)NC(C)CCSC. The normalized spacial score (nSPS) is 13.2. The Balaban J connectivity index is 2.89. The van der Waals surface area contributed by atoms with Crippen LogP contribution in [0.5, 0.6) is 0 Å². The highest BCUT2D eigenvalue weighted by Gasteiger charge is 2.27. The first-order valence-electron chi connectivity index (χ1n) is 5.45. The number of nitrogens with zero attached hydrogens (tertiary/aromatic N) is 1. The highest BCUT2D eigenvalue weighted by atomic mass is 32.2. The molecule has 1 heterocycles. The van der Waals surface area contributed by atoms with Crippen molar-refractivity contribution in [1.29, 1.82) is 0 Å². The topological polar surface area (TPSA) is 85.4 Å². The summed E-state index contributed by atoms with van der Waals surface area (Å²) >= 11 is 2.54. The third-order valence-corrected chi connectivity index (χ3v) is 5.87. The minimum Gasteiger partial charge on any atom is -0.464 e. The van der Waals surface area contributed by atoms with Gasteiger partial charge in [-0.3, -0.25) is 0 Å². The molecule has 1 unspecified atom stereocenters. The average molecular weight is 324 g/mol. The second-order valence-corrected chi connectivity index (χ2v) is 7.53. The fourth-order valence-corrected chi connectivity index (χ4v) is 4.35. The molecule has 108 valence electrons. The highest BCUT2D eigenvalue weighted by Crippen LogP contribution is 2.21. The zero-order valence-electron chi connectivity index (χ0n) is 10.9. The highest BCUT2D eigenvalue weighted by molar-refractivity contribution is 7.98. The van der Waals surface area contributed by atoms with E-state index < -0.39 is 16.0 Å². The molecule has 0 aliphatic carbocycles. The second-order valence-electron chi connectivity index (χ2n) is 3.78. The number of rotatable bonds is 7. The first-order valence-corrected chi connectivity index (χ1v) is 9.21. The van der Waals surface area contributed by atoms with Crippen LogP contribution in [0.25, 0.3) is 0 Å². The van der Waals surface area contributed by atoms with Gasteiger partial charge in [0, 0.05) is 6.04 Å². The van der Waals surface area contributed by atoms with Crippen molar-refractivity contribution in [3.05, 3.63) is 11.2 Å². The van der Waals surface area contributed by atoms with Crippen molar-refractivity contribution in [2.24, 2.45) is 0 Å². The van der Waals surface area contributed by atoms with E-state index in [2.05, 4.69) is 14.4 Å². The molecule has 0 spiro atoms. The molecule has 6 nitrogen and oxygen atoms in total. The summed E-state index contributed by atoms with van der Waals surface area (Å²) in [4.78, 5) is 15.2. The zero-order valence-corrected chi connectivity index (χ0v) is 13.3. The predicted octanol–water partition coefficient (Wildman–Crippen LogP) is 1.35. The van der Waals surface area contributed by atoms with Gasteiger partial charge < -0.3 is 4.74 Å². The van der Waals surface area contributed by atoms with Crippen LogP contribution in [0.15, 0.2) is 9.72 Å². The number of carbonyl (C=O) groups excluding carboxylic acids is 1. The number of thiazole rings is 1. The van der Waals surface area contributed by atoms with E-state index in [1.807, 2.05) is 6.26 Å². The fraction of sp³-hybridized carbons (Fsp3) is 0.600. The Morgan fingerprint density at radius 1 is 1.63 bits per heavy atom. The number of hydrogen-bond acceptors (Lipinski definition) is 7. The van der Waals surface area contributed by atoms with Gasteiger partial charge in [0.25, 0.3) is 10.0 Å². The van der Waals surface area contributed by atoms with Crippen LogP contribution in [0.1, 0.15) is 23.8 Å². The largest absolute Gasteiger partial charge is 0.464 e. The summed E-state index contributed by atoms with van der Waals surface area (Å²) < 4.78 is 31.2. The van der Waals surface area contributed by atoms with Crippen LogP contribution in [-0.2, 0) is 14.8 Å². The van der Waals surface area contributed by atoms with Crippen LogP contribution in [0.2, 0.25) is 0 Å². The van der Waals surface area contributed by atoms with Crippen molar-refractivity contribution in [3.63, 3.8) is 0 Å². The van der Waals surface area contributed by atoms with Crippen LogP contribution >= 0.6 is 23.1 Å². The Labute approximate surface area is 121 Å². The third-order valence-electron chi connectivity index (χ3n) is 2.27. The summed E-state index contributed by atoms with van der Waals surface area (Å²) in [5, 5.41) is 0. The molecule has 1 aromatic rings. The van der Waals surface area contributed by atoms with E-state index in [1.54, 1.807) is 18.7 Å². The predicted molar refractivity (Wildman–Crippen MR) is 76.2 cm³/mol.